The number of hydrazine groups is 1. The van der Waals surface area contributed by atoms with Crippen LogP contribution in [0, 0.1) is 5.92 Å². The van der Waals surface area contributed by atoms with E-state index in [0.29, 0.717) is 34.6 Å². The number of nitrogens with one attached hydrogen (secondary N) is 3. The average molecular weight is 515 g/mol. The SMILES string of the molecule is CC(C)COc1cccc(C(=O)NC(=S)NNC(=O)COc2ccc(Br)cc2Cl)c1. The van der Waals surface area contributed by atoms with Gasteiger partial charge < -0.3 is 9.47 Å². The summed E-state index contributed by atoms with van der Waals surface area (Å²) in [7, 11) is 0. The lowest BCUT2D eigenvalue weighted by Gasteiger charge is -2.13. The summed E-state index contributed by atoms with van der Waals surface area (Å²) in [5.41, 5.74) is 5.16. The van der Waals surface area contributed by atoms with Gasteiger partial charge in [-0.15, -0.1) is 0 Å². The first-order valence-corrected chi connectivity index (χ1v) is 10.5. The first-order valence-electron chi connectivity index (χ1n) is 8.95. The molecule has 0 spiro atoms. The highest BCUT2D eigenvalue weighted by atomic mass is 79.9. The fourth-order valence-corrected chi connectivity index (χ4v) is 2.97. The van der Waals surface area contributed by atoms with Crippen LogP contribution in [0.1, 0.15) is 24.2 Å². The van der Waals surface area contributed by atoms with E-state index in [-0.39, 0.29) is 11.7 Å². The lowest BCUT2D eigenvalue weighted by Crippen LogP contribution is -2.49. The summed E-state index contributed by atoms with van der Waals surface area (Å²) >= 11 is 14.3. The first kappa shape index (κ1) is 23.9. The molecule has 0 aliphatic rings. The predicted octanol–water partition coefficient (Wildman–Crippen LogP) is 3.85. The van der Waals surface area contributed by atoms with E-state index in [9.17, 15) is 9.59 Å². The smallest absolute Gasteiger partial charge is 0.276 e. The molecule has 2 amide bonds. The summed E-state index contributed by atoms with van der Waals surface area (Å²) in [5, 5.41) is 2.78. The number of carbonyl (C=O) groups is 2. The first-order chi connectivity index (χ1) is 14.2. The highest BCUT2D eigenvalue weighted by molar-refractivity contribution is 9.10. The van der Waals surface area contributed by atoms with Crippen LogP contribution in [0.4, 0.5) is 0 Å². The number of ether oxygens (including phenoxy) is 2. The highest BCUT2D eigenvalue weighted by Crippen LogP contribution is 2.27. The Hall–Kier alpha value is -2.36. The molecular weight excluding hydrogens is 494 g/mol. The van der Waals surface area contributed by atoms with Crippen LogP contribution in [0.3, 0.4) is 0 Å². The molecule has 160 valence electrons. The largest absolute Gasteiger partial charge is 0.493 e. The molecule has 0 radical (unpaired) electrons. The van der Waals surface area contributed by atoms with Gasteiger partial charge in [0.05, 0.1) is 11.6 Å². The van der Waals surface area contributed by atoms with E-state index in [4.69, 9.17) is 33.3 Å². The Bertz CT molecular complexity index is 927. The second-order valence-corrected chi connectivity index (χ2v) is 8.28. The molecule has 2 aromatic rings. The lowest BCUT2D eigenvalue weighted by atomic mass is 10.2. The molecule has 3 N–H and O–H groups in total. The van der Waals surface area contributed by atoms with Crippen molar-refractivity contribution in [3.05, 3.63) is 57.5 Å². The summed E-state index contributed by atoms with van der Waals surface area (Å²) in [6.07, 6.45) is 0. The Morgan fingerprint density at radius 2 is 1.90 bits per heavy atom. The van der Waals surface area contributed by atoms with Crippen LogP contribution < -0.4 is 25.6 Å². The van der Waals surface area contributed by atoms with Crippen molar-refractivity contribution in [1.82, 2.24) is 16.2 Å². The van der Waals surface area contributed by atoms with Crippen LogP contribution in [-0.2, 0) is 4.79 Å². The second kappa shape index (κ2) is 11.7. The summed E-state index contributed by atoms with van der Waals surface area (Å²) in [5.74, 6) is 0.383. The van der Waals surface area contributed by atoms with Crippen molar-refractivity contribution < 1.29 is 19.1 Å². The number of rotatable bonds is 7. The van der Waals surface area contributed by atoms with Crippen LogP contribution in [0.2, 0.25) is 5.02 Å². The Kier molecular flexibility index (Phi) is 9.35. The van der Waals surface area contributed by atoms with E-state index >= 15 is 0 Å². The summed E-state index contributed by atoms with van der Waals surface area (Å²) in [6.45, 7) is 4.33. The lowest BCUT2D eigenvalue weighted by molar-refractivity contribution is -0.123. The number of carbonyl (C=O) groups excluding carboxylic acids is 2. The third-order valence-corrected chi connectivity index (χ3v) is 4.47. The van der Waals surface area contributed by atoms with Gasteiger partial charge in [0, 0.05) is 10.0 Å². The van der Waals surface area contributed by atoms with Gasteiger partial charge in [-0.2, -0.15) is 0 Å². The van der Waals surface area contributed by atoms with E-state index in [2.05, 4.69) is 32.1 Å². The van der Waals surface area contributed by atoms with Crippen LogP contribution in [0.25, 0.3) is 0 Å². The van der Waals surface area contributed by atoms with Gasteiger partial charge in [0.1, 0.15) is 11.5 Å². The quantitative estimate of drug-likeness (QED) is 0.384. The molecule has 0 unspecified atom stereocenters. The van der Waals surface area contributed by atoms with E-state index in [1.807, 2.05) is 13.8 Å². The van der Waals surface area contributed by atoms with Crippen molar-refractivity contribution in [1.29, 1.82) is 0 Å². The fourth-order valence-electron chi connectivity index (χ4n) is 2.09. The number of hydrogen-bond acceptors (Lipinski definition) is 5. The van der Waals surface area contributed by atoms with Crippen LogP contribution in [0.5, 0.6) is 11.5 Å². The molecule has 0 bridgehead atoms. The zero-order valence-corrected chi connectivity index (χ0v) is 19.5. The molecule has 0 aromatic heterocycles. The molecule has 0 atom stereocenters. The maximum Gasteiger partial charge on any atom is 0.276 e. The summed E-state index contributed by atoms with van der Waals surface area (Å²) in [4.78, 5) is 24.2. The van der Waals surface area contributed by atoms with E-state index < -0.39 is 11.8 Å². The number of hydrogen-bond donors (Lipinski definition) is 3. The Morgan fingerprint density at radius 3 is 2.60 bits per heavy atom. The molecule has 7 nitrogen and oxygen atoms in total. The third kappa shape index (κ3) is 8.17. The number of halogens is 2. The zero-order chi connectivity index (χ0) is 22.1. The topological polar surface area (TPSA) is 88.7 Å². The van der Waals surface area contributed by atoms with Crippen molar-refractivity contribution >= 4 is 56.7 Å². The van der Waals surface area contributed by atoms with Crippen molar-refractivity contribution in [2.45, 2.75) is 13.8 Å². The van der Waals surface area contributed by atoms with Gasteiger partial charge in [0.25, 0.3) is 11.8 Å². The molecule has 0 heterocycles. The fraction of sp³-hybridized carbons (Fsp3) is 0.250. The molecule has 0 saturated heterocycles. The molecule has 0 aliphatic heterocycles. The van der Waals surface area contributed by atoms with Gasteiger partial charge in [0.2, 0.25) is 0 Å². The number of benzene rings is 2. The zero-order valence-electron chi connectivity index (χ0n) is 16.3. The minimum Gasteiger partial charge on any atom is -0.493 e. The standard InChI is InChI=1S/C20H21BrClN3O4S/c1-12(2)10-28-15-5-3-4-13(8-15)19(27)23-20(30)25-24-18(26)11-29-17-7-6-14(21)9-16(17)22/h3-9,12H,10-11H2,1-2H3,(H,24,26)(H2,23,25,27,30). The predicted molar refractivity (Wildman–Crippen MR) is 123 cm³/mol. The van der Waals surface area contributed by atoms with Crippen molar-refractivity contribution in [3.63, 3.8) is 0 Å². The molecule has 10 heteroatoms. The van der Waals surface area contributed by atoms with Crippen molar-refractivity contribution in [3.8, 4) is 11.5 Å². The maximum absolute atomic E-state index is 12.3. The van der Waals surface area contributed by atoms with Crippen molar-refractivity contribution in [2.75, 3.05) is 13.2 Å². The normalized spacial score (nSPS) is 10.3. The van der Waals surface area contributed by atoms with Crippen LogP contribution in [-0.4, -0.2) is 30.1 Å². The van der Waals surface area contributed by atoms with E-state index in [1.54, 1.807) is 42.5 Å². The van der Waals surface area contributed by atoms with Gasteiger partial charge in [0.15, 0.2) is 11.7 Å². The third-order valence-electron chi connectivity index (χ3n) is 3.47. The Balaban J connectivity index is 1.77. The summed E-state index contributed by atoms with van der Waals surface area (Å²) in [6, 6.07) is 11.8. The Morgan fingerprint density at radius 1 is 1.13 bits per heavy atom. The monoisotopic (exact) mass is 513 g/mol. The van der Waals surface area contributed by atoms with Gasteiger partial charge in [-0.1, -0.05) is 47.4 Å². The minimum atomic E-state index is -0.505. The van der Waals surface area contributed by atoms with Gasteiger partial charge in [-0.25, -0.2) is 0 Å². The van der Waals surface area contributed by atoms with Crippen molar-refractivity contribution in [2.24, 2.45) is 5.92 Å². The van der Waals surface area contributed by atoms with Gasteiger partial charge in [-0.3, -0.25) is 25.8 Å². The summed E-state index contributed by atoms with van der Waals surface area (Å²) < 4.78 is 11.7. The van der Waals surface area contributed by atoms with Gasteiger partial charge >= 0.3 is 0 Å². The van der Waals surface area contributed by atoms with Crippen LogP contribution >= 0.6 is 39.7 Å². The maximum atomic E-state index is 12.3. The molecule has 30 heavy (non-hydrogen) atoms. The van der Waals surface area contributed by atoms with Gasteiger partial charge in [-0.05, 0) is 54.5 Å². The van der Waals surface area contributed by atoms with Crippen LogP contribution in [0.15, 0.2) is 46.9 Å². The molecule has 0 fully saturated rings. The molecular formula is C20H21BrClN3O4S. The molecule has 2 rings (SSSR count). The number of thiocarbonyl (C=S) groups is 1. The second-order valence-electron chi connectivity index (χ2n) is 6.55. The molecule has 0 aliphatic carbocycles. The van der Waals surface area contributed by atoms with E-state index in [0.717, 1.165) is 4.47 Å². The molecule has 2 aromatic carbocycles. The average Bonchev–Trinajstić information content (AvgIpc) is 2.70. The highest BCUT2D eigenvalue weighted by Gasteiger charge is 2.11. The van der Waals surface area contributed by atoms with E-state index in [1.165, 1.54) is 0 Å². The Labute approximate surface area is 193 Å². The number of amides is 2. The minimum absolute atomic E-state index is 0.0662. The molecule has 0 saturated carbocycles.